The van der Waals surface area contributed by atoms with Gasteiger partial charge in [-0.2, -0.15) is 0 Å². The van der Waals surface area contributed by atoms with Gasteiger partial charge in [-0.1, -0.05) is 31.9 Å². The number of carbonyl (C=O) groups excluding carboxylic acids is 1. The molecule has 4 nitrogen and oxygen atoms in total. The number of aryl methyl sites for hydroxylation is 1. The van der Waals surface area contributed by atoms with E-state index in [1.165, 1.54) is 5.56 Å². The molecular formula is C16H24N2O2. The zero-order chi connectivity index (χ0) is 14.4. The van der Waals surface area contributed by atoms with Crippen LogP contribution in [0.2, 0.25) is 0 Å². The minimum Gasteiger partial charge on any atom is -0.394 e. The van der Waals surface area contributed by atoms with Gasteiger partial charge in [-0.05, 0) is 37.0 Å². The summed E-state index contributed by atoms with van der Waals surface area (Å²) in [6.07, 6.45) is 5.13. The van der Waals surface area contributed by atoms with Crippen molar-refractivity contribution >= 4 is 11.6 Å². The number of nitrogens with one attached hydrogen (secondary N) is 2. The number of anilines is 1. The van der Waals surface area contributed by atoms with Crippen molar-refractivity contribution in [3.63, 3.8) is 0 Å². The third kappa shape index (κ3) is 3.81. The molecule has 0 heterocycles. The van der Waals surface area contributed by atoms with E-state index in [1.54, 1.807) is 0 Å². The Morgan fingerprint density at radius 3 is 2.45 bits per heavy atom. The van der Waals surface area contributed by atoms with E-state index in [2.05, 4.69) is 17.6 Å². The Balaban J connectivity index is 1.82. The van der Waals surface area contributed by atoms with Crippen molar-refractivity contribution in [3.05, 3.63) is 29.8 Å². The van der Waals surface area contributed by atoms with E-state index in [-0.39, 0.29) is 24.6 Å². The Hall–Kier alpha value is -1.39. The van der Waals surface area contributed by atoms with Gasteiger partial charge in [0.15, 0.2) is 0 Å². The van der Waals surface area contributed by atoms with E-state index in [0.717, 1.165) is 37.8 Å². The highest BCUT2D eigenvalue weighted by atomic mass is 16.3. The molecule has 0 aromatic heterocycles. The lowest BCUT2D eigenvalue weighted by molar-refractivity contribution is -0.115. The fourth-order valence-corrected chi connectivity index (χ4v) is 2.74. The lowest BCUT2D eigenvalue weighted by Crippen LogP contribution is -2.49. The standard InChI is InChI=1S/C16H24N2O2/c1-2-13-5-7-14(8-6-13)18-15(20)11-17-16(12-19)9-3-4-10-16/h5-8,17,19H,2-4,9-12H2,1H3,(H,18,20). The number of carbonyl (C=O) groups is 1. The van der Waals surface area contributed by atoms with Crippen molar-refractivity contribution in [1.82, 2.24) is 5.32 Å². The fraction of sp³-hybridized carbons (Fsp3) is 0.562. The summed E-state index contributed by atoms with van der Waals surface area (Å²) in [4.78, 5) is 11.9. The Bertz CT molecular complexity index is 436. The van der Waals surface area contributed by atoms with Crippen LogP contribution in [0.1, 0.15) is 38.2 Å². The molecule has 1 aromatic rings. The molecule has 20 heavy (non-hydrogen) atoms. The van der Waals surface area contributed by atoms with Gasteiger partial charge in [-0.15, -0.1) is 0 Å². The van der Waals surface area contributed by atoms with Crippen molar-refractivity contribution in [2.75, 3.05) is 18.5 Å². The number of rotatable bonds is 6. The van der Waals surface area contributed by atoms with E-state index in [9.17, 15) is 9.90 Å². The van der Waals surface area contributed by atoms with Crippen LogP contribution < -0.4 is 10.6 Å². The number of benzene rings is 1. The number of hydrogen-bond donors (Lipinski definition) is 3. The molecule has 1 aliphatic carbocycles. The normalized spacial score (nSPS) is 17.1. The fourth-order valence-electron chi connectivity index (χ4n) is 2.74. The number of amides is 1. The average molecular weight is 276 g/mol. The van der Waals surface area contributed by atoms with E-state index in [1.807, 2.05) is 24.3 Å². The maximum Gasteiger partial charge on any atom is 0.238 e. The minimum absolute atomic E-state index is 0.0611. The van der Waals surface area contributed by atoms with Crippen LogP contribution in [0.5, 0.6) is 0 Å². The van der Waals surface area contributed by atoms with Crippen LogP contribution in [0.25, 0.3) is 0 Å². The van der Waals surface area contributed by atoms with E-state index >= 15 is 0 Å². The number of hydrogen-bond acceptors (Lipinski definition) is 3. The van der Waals surface area contributed by atoms with Gasteiger partial charge in [0.05, 0.1) is 13.2 Å². The highest BCUT2D eigenvalue weighted by Gasteiger charge is 2.32. The van der Waals surface area contributed by atoms with Crippen LogP contribution in [0.4, 0.5) is 5.69 Å². The molecule has 1 aliphatic rings. The molecule has 1 saturated carbocycles. The first-order chi connectivity index (χ1) is 9.67. The summed E-state index contributed by atoms with van der Waals surface area (Å²) < 4.78 is 0. The molecule has 0 bridgehead atoms. The highest BCUT2D eigenvalue weighted by molar-refractivity contribution is 5.92. The lowest BCUT2D eigenvalue weighted by Gasteiger charge is -2.27. The van der Waals surface area contributed by atoms with Gasteiger partial charge in [0.2, 0.25) is 5.91 Å². The predicted octanol–water partition coefficient (Wildman–Crippen LogP) is 2.08. The summed E-state index contributed by atoms with van der Waals surface area (Å²) in [6.45, 7) is 2.45. The van der Waals surface area contributed by atoms with Gasteiger partial charge in [-0.3, -0.25) is 4.79 Å². The van der Waals surface area contributed by atoms with Gasteiger partial charge in [0.25, 0.3) is 0 Å². The van der Waals surface area contributed by atoms with Crippen LogP contribution >= 0.6 is 0 Å². The second-order valence-corrected chi connectivity index (χ2v) is 5.60. The predicted molar refractivity (Wildman–Crippen MR) is 80.7 cm³/mol. The molecule has 110 valence electrons. The van der Waals surface area contributed by atoms with E-state index in [0.29, 0.717) is 0 Å². The third-order valence-electron chi connectivity index (χ3n) is 4.13. The van der Waals surface area contributed by atoms with Gasteiger partial charge in [-0.25, -0.2) is 0 Å². The highest BCUT2D eigenvalue weighted by Crippen LogP contribution is 2.28. The van der Waals surface area contributed by atoms with Crippen molar-refractivity contribution < 1.29 is 9.90 Å². The molecule has 1 amide bonds. The Morgan fingerprint density at radius 1 is 1.25 bits per heavy atom. The van der Waals surface area contributed by atoms with E-state index in [4.69, 9.17) is 0 Å². The molecule has 0 unspecified atom stereocenters. The SMILES string of the molecule is CCc1ccc(NC(=O)CNC2(CO)CCCC2)cc1. The van der Waals surface area contributed by atoms with Gasteiger partial charge in [0, 0.05) is 11.2 Å². The lowest BCUT2D eigenvalue weighted by atomic mass is 9.99. The van der Waals surface area contributed by atoms with Crippen LogP contribution in [-0.2, 0) is 11.2 Å². The van der Waals surface area contributed by atoms with Gasteiger partial charge in [0.1, 0.15) is 0 Å². The monoisotopic (exact) mass is 276 g/mol. The zero-order valence-corrected chi connectivity index (χ0v) is 12.1. The smallest absolute Gasteiger partial charge is 0.238 e. The Kier molecular flexibility index (Phi) is 5.15. The molecule has 1 aromatic carbocycles. The molecule has 1 fully saturated rings. The van der Waals surface area contributed by atoms with Crippen molar-refractivity contribution in [2.24, 2.45) is 0 Å². The van der Waals surface area contributed by atoms with Crippen molar-refractivity contribution in [1.29, 1.82) is 0 Å². The summed E-state index contributed by atoms with van der Waals surface area (Å²) in [5, 5.41) is 15.6. The van der Waals surface area contributed by atoms with Crippen LogP contribution in [-0.4, -0.2) is 29.7 Å². The first-order valence-corrected chi connectivity index (χ1v) is 7.42. The summed E-state index contributed by atoms with van der Waals surface area (Å²) in [7, 11) is 0. The molecule has 2 rings (SSSR count). The number of aliphatic hydroxyl groups excluding tert-OH is 1. The molecule has 4 heteroatoms. The van der Waals surface area contributed by atoms with Crippen molar-refractivity contribution in [2.45, 2.75) is 44.6 Å². The second kappa shape index (κ2) is 6.86. The molecule has 3 N–H and O–H groups in total. The molecular weight excluding hydrogens is 252 g/mol. The van der Waals surface area contributed by atoms with Gasteiger partial charge >= 0.3 is 0 Å². The topological polar surface area (TPSA) is 61.4 Å². The average Bonchev–Trinajstić information content (AvgIpc) is 2.95. The molecule has 0 atom stereocenters. The Labute approximate surface area is 120 Å². The van der Waals surface area contributed by atoms with Crippen LogP contribution in [0, 0.1) is 0 Å². The zero-order valence-electron chi connectivity index (χ0n) is 12.1. The van der Waals surface area contributed by atoms with Crippen LogP contribution in [0.3, 0.4) is 0 Å². The molecule has 0 radical (unpaired) electrons. The van der Waals surface area contributed by atoms with E-state index < -0.39 is 0 Å². The third-order valence-corrected chi connectivity index (χ3v) is 4.13. The largest absolute Gasteiger partial charge is 0.394 e. The summed E-state index contributed by atoms with van der Waals surface area (Å²) in [5.74, 6) is -0.0611. The summed E-state index contributed by atoms with van der Waals surface area (Å²) in [6, 6.07) is 7.90. The maximum atomic E-state index is 11.9. The first kappa shape index (κ1) is 15.0. The number of aliphatic hydroxyl groups is 1. The Morgan fingerprint density at radius 2 is 1.90 bits per heavy atom. The summed E-state index contributed by atoms with van der Waals surface area (Å²) in [5.41, 5.74) is 1.83. The summed E-state index contributed by atoms with van der Waals surface area (Å²) >= 11 is 0. The minimum atomic E-state index is -0.247. The van der Waals surface area contributed by atoms with Crippen LogP contribution in [0.15, 0.2) is 24.3 Å². The maximum absolute atomic E-state index is 11.9. The second-order valence-electron chi connectivity index (χ2n) is 5.60. The molecule has 0 aliphatic heterocycles. The molecule has 0 saturated heterocycles. The van der Waals surface area contributed by atoms with Crippen molar-refractivity contribution in [3.8, 4) is 0 Å². The first-order valence-electron chi connectivity index (χ1n) is 7.42. The molecule has 0 spiro atoms. The van der Waals surface area contributed by atoms with Gasteiger partial charge < -0.3 is 15.7 Å². The quantitative estimate of drug-likeness (QED) is 0.745.